The number of carbonyl (C=O) groups excluding carboxylic acids is 2. The topological polar surface area (TPSA) is 53.5 Å². The van der Waals surface area contributed by atoms with Crippen LogP contribution in [0.15, 0.2) is 42.6 Å². The second-order valence-corrected chi connectivity index (χ2v) is 9.29. The van der Waals surface area contributed by atoms with E-state index in [9.17, 15) is 9.59 Å². The summed E-state index contributed by atoms with van der Waals surface area (Å²) in [7, 11) is 3.54. The third-order valence-electron chi connectivity index (χ3n) is 5.57. The van der Waals surface area contributed by atoms with Gasteiger partial charge in [0.05, 0.1) is 4.88 Å². The van der Waals surface area contributed by atoms with Crippen molar-refractivity contribution in [1.82, 2.24) is 14.8 Å². The fourth-order valence-corrected chi connectivity index (χ4v) is 5.51. The van der Waals surface area contributed by atoms with Crippen molar-refractivity contribution in [2.45, 2.75) is 25.2 Å². The summed E-state index contributed by atoms with van der Waals surface area (Å²) in [6, 6.07) is 11.6. The Morgan fingerprint density at radius 1 is 1.27 bits per heavy atom. The lowest BCUT2D eigenvalue weighted by molar-refractivity contribution is -0.130. The predicted molar refractivity (Wildman–Crippen MR) is 121 cm³/mol. The number of nitrogens with zero attached hydrogens (tertiary/aromatic N) is 3. The van der Waals surface area contributed by atoms with Gasteiger partial charge < -0.3 is 9.80 Å². The highest BCUT2D eigenvalue weighted by Crippen LogP contribution is 2.39. The summed E-state index contributed by atoms with van der Waals surface area (Å²) in [5, 5.41) is 1.73. The Labute approximate surface area is 185 Å². The van der Waals surface area contributed by atoms with Crippen LogP contribution >= 0.6 is 22.9 Å². The number of carbonyl (C=O) groups is 2. The van der Waals surface area contributed by atoms with Gasteiger partial charge >= 0.3 is 0 Å². The monoisotopic (exact) mass is 441 g/mol. The number of aryl methyl sites for hydroxylation is 1. The van der Waals surface area contributed by atoms with E-state index in [2.05, 4.69) is 4.98 Å². The smallest absolute Gasteiger partial charge is 0.263 e. The molecule has 1 aromatic carbocycles. The molecule has 30 heavy (non-hydrogen) atoms. The van der Waals surface area contributed by atoms with Crippen molar-refractivity contribution in [3.05, 3.63) is 63.6 Å². The lowest BCUT2D eigenvalue weighted by Crippen LogP contribution is -2.29. The summed E-state index contributed by atoms with van der Waals surface area (Å²) >= 11 is 7.49. The minimum Gasteiger partial charge on any atom is -0.344 e. The molecule has 0 unspecified atom stereocenters. The number of hydrogen-bond acceptors (Lipinski definition) is 4. The standard InChI is InChI=1S/C23H24ClN3O2S/c1-26(2)23(29)21-20(18-7-4-11-25-22(18)30-21)16-10-12-27(14-16)19(28)9-8-15-5-3-6-17(24)13-15/h3-7,11,13,16H,8-10,12,14H2,1-2H3/t16-/m0/s1. The van der Waals surface area contributed by atoms with Gasteiger partial charge in [-0.15, -0.1) is 11.3 Å². The highest BCUT2D eigenvalue weighted by atomic mass is 35.5. The molecular weight excluding hydrogens is 418 g/mol. The van der Waals surface area contributed by atoms with E-state index in [0.29, 0.717) is 31.0 Å². The summed E-state index contributed by atoms with van der Waals surface area (Å²) in [5.74, 6) is 0.298. The van der Waals surface area contributed by atoms with Crippen LogP contribution in [0, 0.1) is 0 Å². The number of benzene rings is 1. The highest BCUT2D eigenvalue weighted by Gasteiger charge is 2.33. The first kappa shape index (κ1) is 20.8. The third kappa shape index (κ3) is 4.20. The molecule has 0 aliphatic carbocycles. The molecule has 2 amide bonds. The average molecular weight is 442 g/mol. The van der Waals surface area contributed by atoms with Gasteiger partial charge in [0.15, 0.2) is 0 Å². The van der Waals surface area contributed by atoms with Gasteiger partial charge in [-0.3, -0.25) is 9.59 Å². The number of fused-ring (bicyclic) bond motifs is 1. The SMILES string of the molecule is CN(C)C(=O)c1sc2ncccc2c1[C@H]1CCN(C(=O)CCc2cccc(Cl)c2)C1. The second-order valence-electron chi connectivity index (χ2n) is 7.86. The van der Waals surface area contributed by atoms with Crippen molar-refractivity contribution in [1.29, 1.82) is 0 Å². The van der Waals surface area contributed by atoms with E-state index in [1.54, 1.807) is 25.2 Å². The van der Waals surface area contributed by atoms with E-state index in [1.165, 1.54) is 11.3 Å². The fraction of sp³-hybridized carbons (Fsp3) is 0.348. The van der Waals surface area contributed by atoms with Crippen LogP contribution in [0.25, 0.3) is 10.2 Å². The Balaban J connectivity index is 1.51. The zero-order valence-electron chi connectivity index (χ0n) is 17.1. The maximum Gasteiger partial charge on any atom is 0.263 e. The Kier molecular flexibility index (Phi) is 6.06. The van der Waals surface area contributed by atoms with Gasteiger partial charge in [-0.1, -0.05) is 29.8 Å². The van der Waals surface area contributed by atoms with Crippen molar-refractivity contribution in [3.63, 3.8) is 0 Å². The van der Waals surface area contributed by atoms with E-state index in [0.717, 1.165) is 32.6 Å². The molecule has 2 aromatic heterocycles. The van der Waals surface area contributed by atoms with E-state index in [4.69, 9.17) is 11.6 Å². The summed E-state index contributed by atoms with van der Waals surface area (Å²) in [5.41, 5.74) is 2.12. The van der Waals surface area contributed by atoms with Crippen molar-refractivity contribution in [3.8, 4) is 0 Å². The van der Waals surface area contributed by atoms with Gasteiger partial charge in [-0.2, -0.15) is 0 Å². The molecular formula is C23H24ClN3O2S. The van der Waals surface area contributed by atoms with Crippen molar-refractivity contribution in [2.24, 2.45) is 0 Å². The van der Waals surface area contributed by atoms with Crippen LogP contribution in [0.5, 0.6) is 0 Å². The van der Waals surface area contributed by atoms with Crippen LogP contribution in [-0.2, 0) is 11.2 Å². The maximum atomic E-state index is 12.8. The number of pyridine rings is 1. The molecule has 3 heterocycles. The number of halogens is 1. The van der Waals surface area contributed by atoms with Gasteiger partial charge in [0.1, 0.15) is 4.83 Å². The van der Waals surface area contributed by atoms with E-state index in [1.807, 2.05) is 41.3 Å². The normalized spacial score (nSPS) is 16.2. The largest absolute Gasteiger partial charge is 0.344 e. The molecule has 0 saturated carbocycles. The second kappa shape index (κ2) is 8.74. The number of likely N-dealkylation sites (tertiary alicyclic amines) is 1. The van der Waals surface area contributed by atoms with Gasteiger partial charge in [-0.05, 0) is 42.2 Å². The molecule has 0 radical (unpaired) electrons. The summed E-state index contributed by atoms with van der Waals surface area (Å²) in [4.78, 5) is 35.2. The van der Waals surface area contributed by atoms with Crippen LogP contribution in [0.2, 0.25) is 5.02 Å². The number of hydrogen-bond donors (Lipinski definition) is 0. The Morgan fingerprint density at radius 3 is 2.87 bits per heavy atom. The van der Waals surface area contributed by atoms with Crippen LogP contribution in [0.3, 0.4) is 0 Å². The van der Waals surface area contributed by atoms with Gasteiger partial charge in [0.25, 0.3) is 5.91 Å². The van der Waals surface area contributed by atoms with Crippen molar-refractivity contribution in [2.75, 3.05) is 27.2 Å². The Bertz CT molecular complexity index is 1090. The van der Waals surface area contributed by atoms with Crippen molar-refractivity contribution >= 4 is 45.0 Å². The van der Waals surface area contributed by atoms with Gasteiger partial charge in [0, 0.05) is 56.1 Å². The average Bonchev–Trinajstić information content (AvgIpc) is 3.36. The van der Waals surface area contributed by atoms with E-state index >= 15 is 0 Å². The van der Waals surface area contributed by atoms with Gasteiger partial charge in [-0.25, -0.2) is 4.98 Å². The lowest BCUT2D eigenvalue weighted by Gasteiger charge is -2.18. The first-order valence-corrected chi connectivity index (χ1v) is 11.2. The minimum absolute atomic E-state index is 0.00117. The molecule has 1 atom stereocenters. The highest BCUT2D eigenvalue weighted by molar-refractivity contribution is 7.20. The van der Waals surface area contributed by atoms with Gasteiger partial charge in [0.2, 0.25) is 5.91 Å². The predicted octanol–water partition coefficient (Wildman–Crippen LogP) is 4.60. The first-order chi connectivity index (χ1) is 14.4. The number of amides is 2. The maximum absolute atomic E-state index is 12.8. The third-order valence-corrected chi connectivity index (χ3v) is 6.92. The Hall–Kier alpha value is -2.44. The molecule has 1 fully saturated rings. The molecule has 5 nitrogen and oxygen atoms in total. The molecule has 0 spiro atoms. The zero-order valence-corrected chi connectivity index (χ0v) is 18.7. The minimum atomic E-state index is -0.00117. The summed E-state index contributed by atoms with van der Waals surface area (Å²) < 4.78 is 0. The molecule has 1 aliphatic rings. The van der Waals surface area contributed by atoms with Crippen LogP contribution < -0.4 is 0 Å². The summed E-state index contributed by atoms with van der Waals surface area (Å²) in [6.45, 7) is 1.36. The molecule has 1 saturated heterocycles. The number of rotatable bonds is 5. The fourth-order valence-electron chi connectivity index (χ4n) is 4.04. The molecule has 0 bridgehead atoms. The van der Waals surface area contributed by atoms with Crippen LogP contribution in [0.1, 0.15) is 39.6 Å². The van der Waals surface area contributed by atoms with Crippen LogP contribution in [-0.4, -0.2) is 53.8 Å². The Morgan fingerprint density at radius 2 is 2.10 bits per heavy atom. The molecule has 4 rings (SSSR count). The summed E-state index contributed by atoms with van der Waals surface area (Å²) in [6.07, 6.45) is 3.75. The number of thiophene rings is 1. The molecule has 3 aromatic rings. The van der Waals surface area contributed by atoms with Crippen molar-refractivity contribution < 1.29 is 9.59 Å². The quantitative estimate of drug-likeness (QED) is 0.581. The molecule has 1 aliphatic heterocycles. The molecule has 156 valence electrons. The van der Waals surface area contributed by atoms with Crippen LogP contribution in [0.4, 0.5) is 0 Å². The lowest BCUT2D eigenvalue weighted by atomic mass is 9.95. The molecule has 0 N–H and O–H groups in total. The zero-order chi connectivity index (χ0) is 21.3. The van der Waals surface area contributed by atoms with E-state index < -0.39 is 0 Å². The molecule has 7 heteroatoms. The number of aromatic nitrogens is 1. The first-order valence-electron chi connectivity index (χ1n) is 10.1. The van der Waals surface area contributed by atoms with E-state index in [-0.39, 0.29) is 17.7 Å².